The molecule has 0 bridgehead atoms. The maximum Gasteiger partial charge on any atom is 0.489 e. The first-order valence-corrected chi connectivity index (χ1v) is 4.05. The number of aldehydes is 1. The van der Waals surface area contributed by atoms with E-state index in [0.29, 0.717) is 6.29 Å². The molecule has 1 aromatic rings. The van der Waals surface area contributed by atoms with Gasteiger partial charge in [0, 0.05) is 11.0 Å². The number of hydrogen-bond donors (Lipinski definition) is 2. The maximum atomic E-state index is 10.5. The molecule has 0 radical (unpaired) electrons. The van der Waals surface area contributed by atoms with E-state index >= 15 is 0 Å². The van der Waals surface area contributed by atoms with Gasteiger partial charge in [-0.25, -0.2) is 0 Å². The lowest BCUT2D eigenvalue weighted by molar-refractivity contribution is 0.112. The van der Waals surface area contributed by atoms with Crippen LogP contribution in [0.3, 0.4) is 0 Å². The number of rotatable bonds is 2. The fraction of sp³-hybridized carbons (Fsp3) is 0.125. The molecule has 68 valence electrons. The number of carbonyl (C=O) groups excluding carboxylic acids is 1. The van der Waals surface area contributed by atoms with E-state index in [1.165, 1.54) is 6.07 Å². The zero-order valence-corrected chi connectivity index (χ0v) is 7.75. The highest BCUT2D eigenvalue weighted by atomic mass is 35.5. The molecule has 0 saturated heterocycles. The molecule has 0 aromatic heterocycles. The summed E-state index contributed by atoms with van der Waals surface area (Å²) in [5, 5.41) is 17.9. The van der Waals surface area contributed by atoms with Gasteiger partial charge in [-0.2, -0.15) is 0 Å². The molecular formula is C8H8BClO3. The fourth-order valence-electron chi connectivity index (χ4n) is 1.10. The molecule has 0 aliphatic carbocycles. The Bertz CT molecular complexity index is 338. The topological polar surface area (TPSA) is 57.5 Å². The molecule has 0 amide bonds. The Kier molecular flexibility index (Phi) is 3.09. The lowest BCUT2D eigenvalue weighted by atomic mass is 9.78. The zero-order valence-electron chi connectivity index (χ0n) is 6.99. The van der Waals surface area contributed by atoms with Crippen molar-refractivity contribution in [3.8, 4) is 0 Å². The molecule has 2 N–H and O–H groups in total. The summed E-state index contributed by atoms with van der Waals surface area (Å²) in [4.78, 5) is 10.5. The van der Waals surface area contributed by atoms with Crippen LogP contribution in [0.1, 0.15) is 15.9 Å². The van der Waals surface area contributed by atoms with Gasteiger partial charge in [-0.15, -0.1) is 0 Å². The Morgan fingerprint density at radius 2 is 2.08 bits per heavy atom. The molecule has 3 nitrogen and oxygen atoms in total. The molecule has 0 aliphatic rings. The van der Waals surface area contributed by atoms with Crippen molar-refractivity contribution < 1.29 is 14.8 Å². The van der Waals surface area contributed by atoms with Gasteiger partial charge in [0.25, 0.3) is 0 Å². The maximum absolute atomic E-state index is 10.5. The van der Waals surface area contributed by atoms with E-state index in [2.05, 4.69) is 0 Å². The summed E-state index contributed by atoms with van der Waals surface area (Å²) in [6.07, 6.45) is 0.585. The highest BCUT2D eigenvalue weighted by Gasteiger charge is 2.17. The number of carbonyl (C=O) groups is 1. The van der Waals surface area contributed by atoms with Crippen LogP contribution in [-0.4, -0.2) is 23.5 Å². The van der Waals surface area contributed by atoms with Crippen molar-refractivity contribution in [3.63, 3.8) is 0 Å². The highest BCUT2D eigenvalue weighted by molar-refractivity contribution is 6.63. The predicted molar refractivity (Wildman–Crippen MR) is 51.4 cm³/mol. The Labute approximate surface area is 81.1 Å². The van der Waals surface area contributed by atoms with Crippen LogP contribution in [0.15, 0.2) is 12.1 Å². The molecule has 1 aromatic carbocycles. The van der Waals surface area contributed by atoms with Crippen LogP contribution >= 0.6 is 11.6 Å². The summed E-state index contributed by atoms with van der Waals surface area (Å²) in [6, 6.07) is 3.11. The molecule has 1 rings (SSSR count). The lowest BCUT2D eigenvalue weighted by Crippen LogP contribution is -2.31. The molecule has 0 heterocycles. The van der Waals surface area contributed by atoms with Crippen molar-refractivity contribution >= 4 is 30.5 Å². The van der Waals surface area contributed by atoms with E-state index < -0.39 is 7.12 Å². The Morgan fingerprint density at radius 3 is 2.54 bits per heavy atom. The summed E-state index contributed by atoms with van der Waals surface area (Å²) in [5.74, 6) is 0. The third kappa shape index (κ3) is 2.09. The van der Waals surface area contributed by atoms with Crippen molar-refractivity contribution in [1.82, 2.24) is 0 Å². The Morgan fingerprint density at radius 1 is 1.46 bits per heavy atom. The third-order valence-corrected chi connectivity index (χ3v) is 2.11. The normalized spacial score (nSPS) is 9.85. The first kappa shape index (κ1) is 10.2. The van der Waals surface area contributed by atoms with Crippen LogP contribution in [0.4, 0.5) is 0 Å². The van der Waals surface area contributed by atoms with Gasteiger partial charge in [-0.1, -0.05) is 23.2 Å². The average Bonchev–Trinajstić information content (AvgIpc) is 2.08. The Balaban J connectivity index is 3.35. The summed E-state index contributed by atoms with van der Waals surface area (Å²) in [6.45, 7) is 1.75. The summed E-state index contributed by atoms with van der Waals surface area (Å²) in [7, 11) is -1.65. The van der Waals surface area contributed by atoms with E-state index in [9.17, 15) is 4.79 Å². The van der Waals surface area contributed by atoms with Gasteiger partial charge in [0.2, 0.25) is 0 Å². The van der Waals surface area contributed by atoms with Crippen LogP contribution < -0.4 is 5.46 Å². The van der Waals surface area contributed by atoms with E-state index in [1.807, 2.05) is 0 Å². The average molecular weight is 198 g/mol. The minimum atomic E-state index is -1.65. The SMILES string of the molecule is Cc1cc(C=O)c(Cl)c(B(O)O)c1. The van der Waals surface area contributed by atoms with Crippen molar-refractivity contribution in [2.24, 2.45) is 0 Å². The van der Waals surface area contributed by atoms with E-state index in [1.54, 1.807) is 13.0 Å². The van der Waals surface area contributed by atoms with Gasteiger partial charge in [0.05, 0.1) is 5.02 Å². The van der Waals surface area contributed by atoms with Crippen molar-refractivity contribution in [1.29, 1.82) is 0 Å². The molecule has 5 heteroatoms. The van der Waals surface area contributed by atoms with Gasteiger partial charge < -0.3 is 10.0 Å². The minimum absolute atomic E-state index is 0.0931. The molecule has 0 unspecified atom stereocenters. The molecule has 0 fully saturated rings. The third-order valence-electron chi connectivity index (χ3n) is 1.68. The van der Waals surface area contributed by atoms with E-state index in [-0.39, 0.29) is 16.0 Å². The van der Waals surface area contributed by atoms with Crippen LogP contribution in [-0.2, 0) is 0 Å². The first-order chi connectivity index (χ1) is 6.06. The molecular weight excluding hydrogens is 190 g/mol. The molecule has 0 atom stereocenters. The molecule has 0 aliphatic heterocycles. The van der Waals surface area contributed by atoms with Crippen molar-refractivity contribution in [2.75, 3.05) is 0 Å². The summed E-state index contributed by atoms with van der Waals surface area (Å²) >= 11 is 5.72. The summed E-state index contributed by atoms with van der Waals surface area (Å²) < 4.78 is 0. The smallest absolute Gasteiger partial charge is 0.423 e. The number of halogens is 1. The number of hydrogen-bond acceptors (Lipinski definition) is 3. The molecule has 13 heavy (non-hydrogen) atoms. The van der Waals surface area contributed by atoms with Crippen LogP contribution in [0.2, 0.25) is 5.02 Å². The second-order valence-electron chi connectivity index (χ2n) is 2.75. The lowest BCUT2D eigenvalue weighted by Gasteiger charge is -2.06. The minimum Gasteiger partial charge on any atom is -0.423 e. The van der Waals surface area contributed by atoms with Gasteiger partial charge in [0.15, 0.2) is 6.29 Å². The Hall–Kier alpha value is -0.835. The van der Waals surface area contributed by atoms with E-state index in [0.717, 1.165) is 5.56 Å². The predicted octanol–water partition coefficient (Wildman–Crippen LogP) is 0.141. The van der Waals surface area contributed by atoms with Gasteiger partial charge >= 0.3 is 7.12 Å². The second-order valence-corrected chi connectivity index (χ2v) is 3.13. The van der Waals surface area contributed by atoms with Crippen molar-refractivity contribution in [3.05, 3.63) is 28.3 Å². The zero-order chi connectivity index (χ0) is 10.0. The molecule has 0 saturated carbocycles. The highest BCUT2D eigenvalue weighted by Crippen LogP contribution is 2.13. The number of benzene rings is 1. The first-order valence-electron chi connectivity index (χ1n) is 3.67. The van der Waals surface area contributed by atoms with Gasteiger partial charge in [0.1, 0.15) is 0 Å². The van der Waals surface area contributed by atoms with Crippen LogP contribution in [0.5, 0.6) is 0 Å². The van der Waals surface area contributed by atoms with Gasteiger partial charge in [-0.3, -0.25) is 4.79 Å². The van der Waals surface area contributed by atoms with E-state index in [4.69, 9.17) is 21.6 Å². The van der Waals surface area contributed by atoms with Crippen LogP contribution in [0, 0.1) is 6.92 Å². The quantitative estimate of drug-likeness (QED) is 0.525. The second kappa shape index (κ2) is 3.92. The fourth-order valence-corrected chi connectivity index (χ4v) is 1.35. The monoisotopic (exact) mass is 198 g/mol. The standard InChI is InChI=1S/C8H8BClO3/c1-5-2-6(4-11)8(10)7(3-5)9(12)13/h2-4,12-13H,1H3. The van der Waals surface area contributed by atoms with Gasteiger partial charge in [-0.05, 0) is 13.0 Å². The largest absolute Gasteiger partial charge is 0.489 e. The summed E-state index contributed by atoms with van der Waals surface area (Å²) in [5.41, 5.74) is 1.18. The van der Waals surface area contributed by atoms with Crippen LogP contribution in [0.25, 0.3) is 0 Å². The number of aryl methyl sites for hydroxylation is 1. The molecule has 0 spiro atoms. The van der Waals surface area contributed by atoms with Crippen molar-refractivity contribution in [2.45, 2.75) is 6.92 Å².